The first-order chi connectivity index (χ1) is 15.2. The lowest BCUT2D eigenvalue weighted by atomic mass is 9.89. The Morgan fingerprint density at radius 3 is 2.94 bits per heavy atom. The Morgan fingerprint density at radius 1 is 1.19 bits per heavy atom. The number of aryl methyl sites for hydroxylation is 1. The second-order valence-corrected chi connectivity index (χ2v) is 8.57. The van der Waals surface area contributed by atoms with Gasteiger partial charge in [0.15, 0.2) is 5.78 Å². The summed E-state index contributed by atoms with van der Waals surface area (Å²) in [5.41, 5.74) is 2.28. The fourth-order valence-corrected chi connectivity index (χ4v) is 4.58. The van der Waals surface area contributed by atoms with Gasteiger partial charge in [-0.3, -0.25) is 14.6 Å². The summed E-state index contributed by atoms with van der Waals surface area (Å²) in [4.78, 5) is 32.3. The molecule has 7 heteroatoms. The van der Waals surface area contributed by atoms with Gasteiger partial charge in [-0.15, -0.1) is 0 Å². The number of aromatic amines is 1. The zero-order valence-corrected chi connectivity index (χ0v) is 18.0. The van der Waals surface area contributed by atoms with Crippen molar-refractivity contribution in [1.29, 1.82) is 0 Å². The van der Waals surface area contributed by atoms with Crippen LogP contribution in [0.2, 0.25) is 0 Å². The second-order valence-electron chi connectivity index (χ2n) is 8.57. The minimum atomic E-state index is -0.320. The van der Waals surface area contributed by atoms with E-state index in [4.69, 9.17) is 4.74 Å². The predicted octanol–water partition coefficient (Wildman–Crippen LogP) is 4.12. The highest BCUT2D eigenvalue weighted by Gasteiger charge is 2.26. The van der Waals surface area contributed by atoms with Crippen molar-refractivity contribution >= 4 is 17.4 Å². The molecule has 2 heterocycles. The van der Waals surface area contributed by atoms with E-state index in [1.54, 1.807) is 24.7 Å². The molecule has 1 saturated carbocycles. The van der Waals surface area contributed by atoms with Crippen molar-refractivity contribution in [2.45, 2.75) is 57.8 Å². The first kappa shape index (κ1) is 21.6. The first-order valence-electron chi connectivity index (χ1n) is 11.5. The predicted molar refractivity (Wildman–Crippen MR) is 120 cm³/mol. The van der Waals surface area contributed by atoms with Gasteiger partial charge in [0.25, 0.3) is 5.91 Å². The van der Waals surface area contributed by atoms with Crippen molar-refractivity contribution in [3.05, 3.63) is 41.5 Å². The summed E-state index contributed by atoms with van der Waals surface area (Å²) in [6.07, 6.45) is 14.7. The molecule has 0 aromatic carbocycles. The standard InChI is InChI=1S/C24H32N4O3/c29-21-9-4-8-19-23(21)18(15-27-19)24(30)28-20-16-26-12-10-22(20)31-13-5-11-25-14-17-6-2-1-3-7-17/h10,12,15-17,25,27H,1-9,11,13-14H2,(H,28,30). The lowest BCUT2D eigenvalue weighted by molar-refractivity contribution is 0.0956. The van der Waals surface area contributed by atoms with E-state index >= 15 is 0 Å². The lowest BCUT2D eigenvalue weighted by Crippen LogP contribution is -2.26. The van der Waals surface area contributed by atoms with E-state index in [0.29, 0.717) is 35.6 Å². The third-order valence-corrected chi connectivity index (χ3v) is 6.26. The van der Waals surface area contributed by atoms with Crippen LogP contribution in [0.3, 0.4) is 0 Å². The quantitative estimate of drug-likeness (QED) is 0.526. The highest BCUT2D eigenvalue weighted by molar-refractivity contribution is 6.13. The zero-order chi connectivity index (χ0) is 21.5. The summed E-state index contributed by atoms with van der Waals surface area (Å²) in [6, 6.07) is 1.75. The Kier molecular flexibility index (Phi) is 7.35. The lowest BCUT2D eigenvalue weighted by Gasteiger charge is -2.21. The molecule has 2 aromatic rings. The SMILES string of the molecule is O=C(Nc1cnccc1OCCCNCC1CCCCC1)c1c[nH]c2c1C(=O)CCC2. The molecule has 2 aromatic heterocycles. The Labute approximate surface area is 183 Å². The molecule has 2 aliphatic rings. The number of nitrogens with one attached hydrogen (secondary N) is 3. The van der Waals surface area contributed by atoms with E-state index in [-0.39, 0.29) is 11.7 Å². The number of carbonyl (C=O) groups excluding carboxylic acids is 2. The van der Waals surface area contributed by atoms with E-state index < -0.39 is 0 Å². The summed E-state index contributed by atoms with van der Waals surface area (Å²) in [6.45, 7) is 2.57. The minimum absolute atomic E-state index is 0.0241. The number of nitrogens with zero attached hydrogens (tertiary/aromatic N) is 1. The van der Waals surface area contributed by atoms with Gasteiger partial charge in [0.1, 0.15) is 11.4 Å². The van der Waals surface area contributed by atoms with E-state index in [1.807, 2.05) is 0 Å². The van der Waals surface area contributed by atoms with Gasteiger partial charge in [-0.05, 0) is 51.1 Å². The molecule has 0 aliphatic heterocycles. The molecule has 3 N–H and O–H groups in total. The number of carbonyl (C=O) groups is 2. The van der Waals surface area contributed by atoms with Crippen LogP contribution >= 0.6 is 0 Å². The fourth-order valence-electron chi connectivity index (χ4n) is 4.58. The number of hydrogen-bond acceptors (Lipinski definition) is 5. The summed E-state index contributed by atoms with van der Waals surface area (Å²) in [5, 5.41) is 6.41. The number of hydrogen-bond donors (Lipinski definition) is 3. The van der Waals surface area contributed by atoms with Crippen LogP contribution in [0.5, 0.6) is 5.75 Å². The monoisotopic (exact) mass is 424 g/mol. The molecule has 2 aliphatic carbocycles. The van der Waals surface area contributed by atoms with Gasteiger partial charge in [-0.1, -0.05) is 19.3 Å². The molecule has 0 spiro atoms. The summed E-state index contributed by atoms with van der Waals surface area (Å²) >= 11 is 0. The van der Waals surface area contributed by atoms with Gasteiger partial charge in [-0.25, -0.2) is 0 Å². The molecule has 0 bridgehead atoms. The van der Waals surface area contributed by atoms with Crippen molar-refractivity contribution in [1.82, 2.24) is 15.3 Å². The van der Waals surface area contributed by atoms with Crippen LogP contribution < -0.4 is 15.4 Å². The summed E-state index contributed by atoms with van der Waals surface area (Å²) in [5.74, 6) is 1.12. The second kappa shape index (κ2) is 10.6. The average Bonchev–Trinajstić information content (AvgIpc) is 3.24. The van der Waals surface area contributed by atoms with E-state index in [9.17, 15) is 9.59 Å². The van der Waals surface area contributed by atoms with E-state index in [1.165, 1.54) is 32.1 Å². The Bertz CT molecular complexity index is 902. The molecule has 166 valence electrons. The van der Waals surface area contributed by atoms with Gasteiger partial charge in [0.05, 0.1) is 23.9 Å². The topological polar surface area (TPSA) is 96.1 Å². The van der Waals surface area contributed by atoms with E-state index in [0.717, 1.165) is 44.0 Å². The van der Waals surface area contributed by atoms with Crippen molar-refractivity contribution in [2.24, 2.45) is 5.92 Å². The third-order valence-electron chi connectivity index (χ3n) is 6.26. The molecule has 0 unspecified atom stereocenters. The minimum Gasteiger partial charge on any atom is -0.491 e. The fraction of sp³-hybridized carbons (Fsp3) is 0.542. The smallest absolute Gasteiger partial charge is 0.258 e. The number of H-pyrrole nitrogens is 1. The van der Waals surface area contributed by atoms with Gasteiger partial charge >= 0.3 is 0 Å². The van der Waals surface area contributed by atoms with Gasteiger partial charge in [0, 0.05) is 30.6 Å². The maximum absolute atomic E-state index is 12.8. The van der Waals surface area contributed by atoms with Crippen molar-refractivity contribution in [3.8, 4) is 5.75 Å². The number of fused-ring (bicyclic) bond motifs is 1. The molecule has 1 amide bonds. The molecule has 0 atom stereocenters. The van der Waals surface area contributed by atoms with Crippen LogP contribution in [-0.2, 0) is 6.42 Å². The number of ether oxygens (including phenoxy) is 1. The number of anilines is 1. The molecule has 0 radical (unpaired) electrons. The normalized spacial score (nSPS) is 16.7. The van der Waals surface area contributed by atoms with Crippen molar-refractivity contribution in [3.63, 3.8) is 0 Å². The summed E-state index contributed by atoms with van der Waals surface area (Å²) in [7, 11) is 0. The number of ketones is 1. The molecular weight excluding hydrogens is 392 g/mol. The number of pyridine rings is 1. The number of amides is 1. The molecular formula is C24H32N4O3. The highest BCUT2D eigenvalue weighted by Crippen LogP contribution is 2.27. The third kappa shape index (κ3) is 5.53. The summed E-state index contributed by atoms with van der Waals surface area (Å²) < 4.78 is 5.91. The highest BCUT2D eigenvalue weighted by atomic mass is 16.5. The van der Waals surface area contributed by atoms with Gasteiger partial charge < -0.3 is 20.4 Å². The Hall–Kier alpha value is -2.67. The Balaban J connectivity index is 1.27. The molecule has 31 heavy (non-hydrogen) atoms. The average molecular weight is 425 g/mol. The molecule has 0 saturated heterocycles. The molecule has 7 nitrogen and oxygen atoms in total. The maximum atomic E-state index is 12.8. The van der Waals surface area contributed by atoms with Crippen molar-refractivity contribution in [2.75, 3.05) is 25.0 Å². The first-order valence-corrected chi connectivity index (χ1v) is 11.5. The van der Waals surface area contributed by atoms with Gasteiger partial charge in [0.2, 0.25) is 0 Å². The van der Waals surface area contributed by atoms with Gasteiger partial charge in [-0.2, -0.15) is 0 Å². The zero-order valence-electron chi connectivity index (χ0n) is 18.0. The van der Waals surface area contributed by atoms with Crippen molar-refractivity contribution < 1.29 is 14.3 Å². The van der Waals surface area contributed by atoms with Crippen LogP contribution in [0.1, 0.15) is 77.8 Å². The Morgan fingerprint density at radius 2 is 2.06 bits per heavy atom. The maximum Gasteiger partial charge on any atom is 0.258 e. The van der Waals surface area contributed by atoms with Crippen LogP contribution in [0.25, 0.3) is 0 Å². The van der Waals surface area contributed by atoms with Crippen LogP contribution in [0, 0.1) is 5.92 Å². The van der Waals surface area contributed by atoms with Crippen LogP contribution in [-0.4, -0.2) is 41.4 Å². The van der Waals surface area contributed by atoms with Crippen LogP contribution in [0.15, 0.2) is 24.7 Å². The molecule has 1 fully saturated rings. The number of aromatic nitrogens is 2. The molecule has 4 rings (SSSR count). The number of rotatable bonds is 9. The largest absolute Gasteiger partial charge is 0.491 e. The number of Topliss-reactive ketones (excluding diaryl/α,β-unsaturated/α-hetero) is 1. The van der Waals surface area contributed by atoms with E-state index in [2.05, 4.69) is 20.6 Å². The van der Waals surface area contributed by atoms with Crippen LogP contribution in [0.4, 0.5) is 5.69 Å².